The third kappa shape index (κ3) is 2.98. The van der Waals surface area contributed by atoms with Crippen LogP contribution in [0.3, 0.4) is 0 Å². The first-order valence-electron chi connectivity index (χ1n) is 2.84. The van der Waals surface area contributed by atoms with E-state index in [0.717, 1.165) is 0 Å². The first-order valence-corrected chi connectivity index (χ1v) is 4.31. The fourth-order valence-electron chi connectivity index (χ4n) is 0.817. The molecule has 14 heavy (non-hydrogen) atoms. The van der Waals surface area contributed by atoms with Crippen LogP contribution in [0.1, 0.15) is 6.42 Å². The molecule has 0 bridgehead atoms. The van der Waals surface area contributed by atoms with Gasteiger partial charge in [-0.25, -0.2) is 8.42 Å². The van der Waals surface area contributed by atoms with Crippen LogP contribution in [0, 0.1) is 0 Å². The van der Waals surface area contributed by atoms with E-state index in [1.807, 2.05) is 0 Å². The molecular formula is C4H6NNaO7S. The van der Waals surface area contributed by atoms with Crippen LogP contribution in [0.5, 0.6) is 0 Å². The van der Waals surface area contributed by atoms with Crippen LogP contribution < -0.4 is 29.6 Å². The number of hydroxylamine groups is 2. The van der Waals surface area contributed by atoms with Crippen molar-refractivity contribution in [3.05, 3.63) is 0 Å². The van der Waals surface area contributed by atoms with E-state index in [4.69, 9.17) is 5.21 Å². The second kappa shape index (κ2) is 5.16. The molecule has 76 valence electrons. The number of nitrogens with zero attached hydrogens (tertiary/aromatic N) is 1. The summed E-state index contributed by atoms with van der Waals surface area (Å²) in [6.07, 6.45) is -0.777. The minimum Gasteiger partial charge on any atom is -0.747 e. The molecule has 1 atom stereocenters. The zero-order valence-electron chi connectivity index (χ0n) is 7.13. The molecule has 0 aromatic heterocycles. The normalized spacial score (nSPS) is 21.6. The molecule has 0 radical (unpaired) electrons. The molecule has 1 aliphatic heterocycles. The van der Waals surface area contributed by atoms with Crippen LogP contribution in [-0.4, -0.2) is 45.8 Å². The summed E-state index contributed by atoms with van der Waals surface area (Å²) in [5.41, 5.74) is 0. The largest absolute Gasteiger partial charge is 1.00 e. The summed E-state index contributed by atoms with van der Waals surface area (Å²) < 4.78 is 30.8. The van der Waals surface area contributed by atoms with Crippen molar-refractivity contribution in [2.24, 2.45) is 0 Å². The molecule has 1 fully saturated rings. The van der Waals surface area contributed by atoms with Crippen LogP contribution >= 0.6 is 0 Å². The van der Waals surface area contributed by atoms with E-state index in [1.165, 1.54) is 0 Å². The Morgan fingerprint density at radius 3 is 2.00 bits per heavy atom. The fourth-order valence-corrected chi connectivity index (χ4v) is 1.51. The monoisotopic (exact) mass is 235 g/mol. The van der Waals surface area contributed by atoms with Gasteiger partial charge in [-0.05, 0) is 0 Å². The molecule has 2 amide bonds. The van der Waals surface area contributed by atoms with Crippen LogP contribution in [0.2, 0.25) is 0 Å². The van der Waals surface area contributed by atoms with Crippen molar-refractivity contribution in [2.45, 2.75) is 11.7 Å². The molecule has 0 spiro atoms. The van der Waals surface area contributed by atoms with E-state index in [1.54, 1.807) is 0 Å². The summed E-state index contributed by atoms with van der Waals surface area (Å²) in [5.74, 6) is -2.46. The smallest absolute Gasteiger partial charge is 0.747 e. The maximum absolute atomic E-state index is 10.6. The second-order valence-corrected chi connectivity index (χ2v) is 3.78. The number of rotatable bonds is 1. The average Bonchev–Trinajstić information content (AvgIpc) is 2.15. The van der Waals surface area contributed by atoms with Gasteiger partial charge in [0.15, 0.2) is 0 Å². The molecule has 8 nitrogen and oxygen atoms in total. The maximum Gasteiger partial charge on any atom is 1.00 e. The maximum atomic E-state index is 10.6. The van der Waals surface area contributed by atoms with Gasteiger partial charge in [-0.2, -0.15) is 5.06 Å². The SMILES string of the molecule is O.O=C1CC(S(=O)(=O)[O-])C(=O)N1O.[Na+]. The van der Waals surface area contributed by atoms with E-state index in [-0.39, 0.29) is 40.1 Å². The average molecular weight is 235 g/mol. The van der Waals surface area contributed by atoms with Crippen LogP contribution in [0.4, 0.5) is 0 Å². The molecule has 0 aromatic rings. The third-order valence-corrected chi connectivity index (χ3v) is 2.49. The Balaban J connectivity index is 0. The van der Waals surface area contributed by atoms with E-state index in [9.17, 15) is 22.6 Å². The van der Waals surface area contributed by atoms with Crippen molar-refractivity contribution in [3.63, 3.8) is 0 Å². The van der Waals surface area contributed by atoms with Gasteiger partial charge in [-0.3, -0.25) is 14.8 Å². The molecule has 10 heteroatoms. The molecule has 1 heterocycles. The zero-order chi connectivity index (χ0) is 9.52. The Hall–Kier alpha value is -0.0300. The minimum atomic E-state index is -4.84. The summed E-state index contributed by atoms with van der Waals surface area (Å²) in [7, 11) is -4.84. The van der Waals surface area contributed by atoms with Crippen molar-refractivity contribution < 1.29 is 62.8 Å². The number of carbonyl (C=O) groups is 2. The summed E-state index contributed by atoms with van der Waals surface area (Å²) in [5, 5.41) is 6.22. The fraction of sp³-hybridized carbons (Fsp3) is 0.500. The van der Waals surface area contributed by atoms with Crippen molar-refractivity contribution in [1.82, 2.24) is 5.06 Å². The first-order chi connectivity index (χ1) is 5.34. The molecule has 1 aliphatic rings. The standard InChI is InChI=1S/C4H5NO6S.Na.H2O/c6-3-1-2(12(9,10)11)4(7)5(3)8;;/h2,8H,1H2,(H,9,10,11);;1H2/q;+1;/p-1. The number of carbonyl (C=O) groups excluding carboxylic acids is 2. The zero-order valence-corrected chi connectivity index (χ0v) is 9.94. The van der Waals surface area contributed by atoms with Crippen LogP contribution in [0.15, 0.2) is 0 Å². The molecule has 0 aromatic carbocycles. The van der Waals surface area contributed by atoms with E-state index >= 15 is 0 Å². The number of amides is 2. The second-order valence-electron chi connectivity index (χ2n) is 2.23. The minimum absolute atomic E-state index is 0. The summed E-state index contributed by atoms with van der Waals surface area (Å²) in [4.78, 5) is 21.1. The molecule has 3 N–H and O–H groups in total. The van der Waals surface area contributed by atoms with Crippen LogP contribution in [0.25, 0.3) is 0 Å². The molecule has 1 unspecified atom stereocenters. The molecule has 0 saturated carbocycles. The van der Waals surface area contributed by atoms with Gasteiger partial charge in [-0.15, -0.1) is 0 Å². The van der Waals surface area contributed by atoms with E-state index < -0.39 is 33.6 Å². The van der Waals surface area contributed by atoms with Gasteiger partial charge < -0.3 is 10.0 Å². The molecule has 1 rings (SSSR count). The van der Waals surface area contributed by atoms with Crippen LogP contribution in [-0.2, 0) is 19.7 Å². The van der Waals surface area contributed by atoms with Gasteiger partial charge in [-0.1, -0.05) is 0 Å². The Labute approximate surface area is 101 Å². The molecule has 0 aliphatic carbocycles. The Kier molecular flexibility index (Phi) is 6.05. The number of imide groups is 1. The van der Waals surface area contributed by atoms with E-state index in [0.29, 0.717) is 0 Å². The predicted octanol–water partition coefficient (Wildman–Crippen LogP) is -5.77. The number of hydrogen-bond donors (Lipinski definition) is 1. The predicted molar refractivity (Wildman–Crippen MR) is 35.4 cm³/mol. The number of hydrogen-bond acceptors (Lipinski definition) is 6. The summed E-state index contributed by atoms with van der Waals surface area (Å²) >= 11 is 0. The van der Waals surface area contributed by atoms with Gasteiger partial charge in [0.25, 0.3) is 11.8 Å². The Bertz CT molecular complexity index is 338. The molecular weight excluding hydrogens is 229 g/mol. The third-order valence-electron chi connectivity index (χ3n) is 1.43. The van der Waals surface area contributed by atoms with Gasteiger partial charge in [0.2, 0.25) is 0 Å². The van der Waals surface area contributed by atoms with Gasteiger partial charge >= 0.3 is 29.6 Å². The van der Waals surface area contributed by atoms with Crippen molar-refractivity contribution in [3.8, 4) is 0 Å². The Morgan fingerprint density at radius 1 is 1.43 bits per heavy atom. The Morgan fingerprint density at radius 2 is 1.86 bits per heavy atom. The first kappa shape index (κ1) is 16.4. The van der Waals surface area contributed by atoms with Crippen molar-refractivity contribution in [2.75, 3.05) is 0 Å². The van der Waals surface area contributed by atoms with Gasteiger partial charge in [0, 0.05) is 0 Å². The molecule has 1 saturated heterocycles. The van der Waals surface area contributed by atoms with Gasteiger partial charge in [0.05, 0.1) is 6.42 Å². The topological polar surface area (TPSA) is 146 Å². The summed E-state index contributed by atoms with van der Waals surface area (Å²) in [6, 6.07) is 0. The van der Waals surface area contributed by atoms with E-state index in [2.05, 4.69) is 0 Å². The van der Waals surface area contributed by atoms with Gasteiger partial charge in [0.1, 0.15) is 15.4 Å². The summed E-state index contributed by atoms with van der Waals surface area (Å²) in [6.45, 7) is 0. The quantitative estimate of drug-likeness (QED) is 0.207. The van der Waals surface area contributed by atoms with Crippen molar-refractivity contribution >= 4 is 21.9 Å². The van der Waals surface area contributed by atoms with Crippen molar-refractivity contribution in [1.29, 1.82) is 0 Å².